The van der Waals surface area contributed by atoms with Crippen molar-refractivity contribution in [3.05, 3.63) is 91.8 Å². The van der Waals surface area contributed by atoms with Crippen molar-refractivity contribution < 1.29 is 75.4 Å². The third-order valence-corrected chi connectivity index (χ3v) is 6.74. The van der Waals surface area contributed by atoms with Gasteiger partial charge in [-0.2, -0.15) is 48.3 Å². The zero-order valence-electron chi connectivity index (χ0n) is 21.0. The summed E-state index contributed by atoms with van der Waals surface area (Å²) in [6.45, 7) is 0. The molecule has 0 aliphatic heterocycles. The van der Waals surface area contributed by atoms with E-state index < -0.39 is 109 Å². The number of anilines is 2. The first-order chi connectivity index (χ1) is 20.3. The summed E-state index contributed by atoms with van der Waals surface area (Å²) in [6, 6.07) is 2.56. The number of carbonyl (C=O) groups is 2. The minimum absolute atomic E-state index is 0.416. The lowest BCUT2D eigenvalue weighted by atomic mass is 9.86. The summed E-state index contributed by atoms with van der Waals surface area (Å²) < 4.78 is 203. The molecule has 45 heavy (non-hydrogen) atoms. The maximum atomic E-state index is 15.1. The first-order valence-electron chi connectivity index (χ1n) is 11.3. The topological polar surface area (TPSA) is 58.2 Å². The van der Waals surface area contributed by atoms with Gasteiger partial charge < -0.3 is 10.6 Å². The molecule has 0 aliphatic carbocycles. The molecule has 0 aliphatic rings. The quantitative estimate of drug-likeness (QED) is 0.194. The maximum Gasteiger partial charge on any atom is 0.457 e. The smallest absolute Gasteiger partial charge is 0.320 e. The molecule has 1 atom stereocenters. The summed E-state index contributed by atoms with van der Waals surface area (Å²) in [5.41, 5.74) is -16.2. The molecule has 1 unspecified atom stereocenters. The highest BCUT2D eigenvalue weighted by atomic mass is 127. The second-order valence-electron chi connectivity index (χ2n) is 8.81. The molecule has 0 saturated heterocycles. The van der Waals surface area contributed by atoms with Crippen LogP contribution in [0.3, 0.4) is 0 Å². The second-order valence-corrected chi connectivity index (χ2v) is 9.97. The van der Waals surface area contributed by atoms with Crippen molar-refractivity contribution in [2.75, 3.05) is 10.6 Å². The largest absolute Gasteiger partial charge is 0.457 e. The highest BCUT2D eigenvalue weighted by molar-refractivity contribution is 14.1. The van der Waals surface area contributed by atoms with Crippen molar-refractivity contribution >= 4 is 45.8 Å². The van der Waals surface area contributed by atoms with Crippen LogP contribution in [0.15, 0.2) is 48.5 Å². The van der Waals surface area contributed by atoms with Crippen molar-refractivity contribution in [1.82, 2.24) is 0 Å². The van der Waals surface area contributed by atoms with E-state index in [1.165, 1.54) is 5.32 Å². The predicted molar refractivity (Wildman–Crippen MR) is 133 cm³/mol. The molecule has 0 bridgehead atoms. The molecular formula is C25H10F15IN2O2. The lowest BCUT2D eigenvalue weighted by molar-refractivity contribution is -0.389. The summed E-state index contributed by atoms with van der Waals surface area (Å²) in [6.07, 6.45) is -20.3. The van der Waals surface area contributed by atoms with Crippen LogP contribution in [0.25, 0.3) is 0 Å². The lowest BCUT2D eigenvalue weighted by Crippen LogP contribution is -2.59. The fourth-order valence-corrected chi connectivity index (χ4v) is 4.45. The average Bonchev–Trinajstić information content (AvgIpc) is 2.89. The second kappa shape index (κ2) is 11.9. The molecule has 3 aromatic carbocycles. The minimum Gasteiger partial charge on any atom is -0.320 e. The van der Waals surface area contributed by atoms with Crippen molar-refractivity contribution in [3.63, 3.8) is 0 Å². The van der Waals surface area contributed by atoms with E-state index in [-0.39, 0.29) is 0 Å². The third-order valence-electron chi connectivity index (χ3n) is 5.88. The van der Waals surface area contributed by atoms with Crippen molar-refractivity contribution in [3.8, 4) is 0 Å². The molecule has 244 valence electrons. The van der Waals surface area contributed by atoms with Crippen LogP contribution in [0.1, 0.15) is 31.8 Å². The van der Waals surface area contributed by atoms with Crippen molar-refractivity contribution in [2.24, 2.45) is 0 Å². The molecule has 2 amide bonds. The van der Waals surface area contributed by atoms with Gasteiger partial charge in [-0.3, -0.25) is 9.59 Å². The summed E-state index contributed by atoms with van der Waals surface area (Å²) >= 11 is 0.681. The molecule has 4 nitrogen and oxygen atoms in total. The third kappa shape index (κ3) is 6.64. The van der Waals surface area contributed by atoms with Gasteiger partial charge in [-0.1, -0.05) is 6.07 Å². The fourth-order valence-electron chi connectivity index (χ4n) is 3.69. The van der Waals surface area contributed by atoms with Crippen LogP contribution >= 0.6 is 22.6 Å². The van der Waals surface area contributed by atoms with Crippen LogP contribution < -0.4 is 10.6 Å². The van der Waals surface area contributed by atoms with E-state index in [4.69, 9.17) is 0 Å². The van der Waals surface area contributed by atoms with Gasteiger partial charge in [0, 0.05) is 14.7 Å². The first-order valence-corrected chi connectivity index (χ1v) is 12.4. The van der Waals surface area contributed by atoms with Crippen LogP contribution in [0, 0.1) is 21.0 Å². The van der Waals surface area contributed by atoms with E-state index in [0.29, 0.717) is 40.8 Å². The number of halogens is 16. The number of alkyl halides is 12. The normalized spacial score (nSPS) is 14.1. The predicted octanol–water partition coefficient (Wildman–Crippen LogP) is 9.16. The molecule has 20 heteroatoms. The van der Waals surface area contributed by atoms with Gasteiger partial charge >= 0.3 is 30.1 Å². The molecule has 0 heterocycles. The van der Waals surface area contributed by atoms with Gasteiger partial charge in [0.25, 0.3) is 11.8 Å². The van der Waals surface area contributed by atoms with E-state index in [9.17, 15) is 71.1 Å². The molecule has 3 rings (SSSR count). The molecular weight excluding hydrogens is 772 g/mol. The maximum absolute atomic E-state index is 15.1. The summed E-state index contributed by atoms with van der Waals surface area (Å²) in [5, 5.41) is 3.30. The van der Waals surface area contributed by atoms with Crippen LogP contribution in [-0.2, 0) is 11.8 Å². The Morgan fingerprint density at radius 1 is 0.667 bits per heavy atom. The van der Waals surface area contributed by atoms with E-state index in [0.717, 1.165) is 18.2 Å². The Bertz CT molecular complexity index is 1650. The van der Waals surface area contributed by atoms with Gasteiger partial charge in [0.1, 0.15) is 0 Å². The summed E-state index contributed by atoms with van der Waals surface area (Å²) in [4.78, 5) is 25.0. The number of hydrogen-bond acceptors (Lipinski definition) is 2. The number of rotatable bonds is 6. The van der Waals surface area contributed by atoms with E-state index in [1.54, 1.807) is 0 Å². The number of hydrogen-bond donors (Lipinski definition) is 2. The Balaban J connectivity index is 2.09. The van der Waals surface area contributed by atoms with Crippen LogP contribution in [0.4, 0.5) is 77.2 Å². The number of benzene rings is 3. The van der Waals surface area contributed by atoms with Crippen molar-refractivity contribution in [2.45, 2.75) is 30.1 Å². The number of carbonyl (C=O) groups excluding carboxylic acids is 2. The Hall–Kier alpha value is -3.72. The monoisotopic (exact) mass is 782 g/mol. The SMILES string of the molecule is O=C(Nc1cccc(C(=O)Nc2c(I)cc(C(F)(C(F)(F)F)C(F)(F)C(F)(F)F)cc2C(F)(F)F)c1F)c1ccc(F)c(F)c1. The van der Waals surface area contributed by atoms with Gasteiger partial charge in [0.05, 0.1) is 22.5 Å². The first kappa shape index (κ1) is 35.8. The van der Waals surface area contributed by atoms with Gasteiger partial charge in [-0.25, -0.2) is 17.6 Å². The summed E-state index contributed by atoms with van der Waals surface area (Å²) in [5.74, 6) is -14.9. The number of nitrogens with one attached hydrogen (secondary N) is 2. The Labute approximate surface area is 253 Å². The van der Waals surface area contributed by atoms with E-state index in [2.05, 4.69) is 0 Å². The van der Waals surface area contributed by atoms with E-state index in [1.807, 2.05) is 5.32 Å². The van der Waals surface area contributed by atoms with Crippen molar-refractivity contribution in [1.29, 1.82) is 0 Å². The summed E-state index contributed by atoms with van der Waals surface area (Å²) in [7, 11) is 0. The minimum atomic E-state index is -7.30. The lowest BCUT2D eigenvalue weighted by Gasteiger charge is -2.36. The molecule has 2 N–H and O–H groups in total. The number of amides is 2. The van der Waals surface area contributed by atoms with Gasteiger partial charge in [-0.15, -0.1) is 0 Å². The van der Waals surface area contributed by atoms with Gasteiger partial charge in [0.15, 0.2) is 17.5 Å². The molecule has 0 aromatic heterocycles. The van der Waals surface area contributed by atoms with Gasteiger partial charge in [0.2, 0.25) is 0 Å². The molecule has 0 radical (unpaired) electrons. The van der Waals surface area contributed by atoms with Crippen LogP contribution in [0.5, 0.6) is 0 Å². The standard InChI is InChI=1S/C25H10F15IN2O2/c26-13-5-4-9(6-14(13)27)19(44)42-16-3-1-2-11(17(16)28)20(45)43-18-12(22(30,31)32)7-10(8-15(18)41)21(29,24(35,36)37)23(33,34)25(38,39)40/h1-8H,(H,42,44)(H,43,45). The van der Waals surface area contributed by atoms with Crippen LogP contribution in [0.2, 0.25) is 0 Å². The Morgan fingerprint density at radius 2 is 1.27 bits per heavy atom. The molecule has 3 aromatic rings. The fraction of sp³-hybridized carbons (Fsp3) is 0.200. The van der Waals surface area contributed by atoms with Crippen LogP contribution in [-0.4, -0.2) is 30.1 Å². The Kier molecular flexibility index (Phi) is 9.45. The van der Waals surface area contributed by atoms with Gasteiger partial charge in [-0.05, 0) is 65.1 Å². The molecule has 0 saturated carbocycles. The van der Waals surface area contributed by atoms with E-state index >= 15 is 4.39 Å². The Morgan fingerprint density at radius 3 is 1.78 bits per heavy atom. The zero-order chi connectivity index (χ0) is 34.5. The highest BCUT2D eigenvalue weighted by Crippen LogP contribution is 2.59. The molecule has 0 spiro atoms. The highest BCUT2D eigenvalue weighted by Gasteiger charge is 2.82. The average molecular weight is 782 g/mol. The zero-order valence-corrected chi connectivity index (χ0v) is 23.1. The molecule has 0 fully saturated rings.